The Labute approximate surface area is 284 Å². The van der Waals surface area contributed by atoms with E-state index < -0.39 is 30.2 Å². The van der Waals surface area contributed by atoms with E-state index in [4.69, 9.17) is 33.2 Å². The van der Waals surface area contributed by atoms with E-state index in [-0.39, 0.29) is 42.4 Å². The van der Waals surface area contributed by atoms with Crippen molar-refractivity contribution in [3.63, 3.8) is 0 Å². The molecule has 0 aromatic heterocycles. The van der Waals surface area contributed by atoms with Crippen molar-refractivity contribution in [3.05, 3.63) is 109 Å². The Morgan fingerprint density at radius 2 is 1.18 bits per heavy atom. The van der Waals surface area contributed by atoms with Crippen LogP contribution in [0.1, 0.15) is 65.2 Å². The van der Waals surface area contributed by atoms with Gasteiger partial charge in [0.1, 0.15) is 28.6 Å². The van der Waals surface area contributed by atoms with Gasteiger partial charge in [0.15, 0.2) is 0 Å². The molecule has 1 unspecified atom stereocenters. The summed E-state index contributed by atoms with van der Waals surface area (Å²) in [6.07, 6.45) is 3.43. The van der Waals surface area contributed by atoms with E-state index in [0.29, 0.717) is 56.0 Å². The Kier molecular flexibility index (Phi) is 15.9. The molecule has 0 spiro atoms. The minimum absolute atomic E-state index is 0.0526. The molecule has 0 aliphatic rings. The molecular formula is C37H40O12. The maximum absolute atomic E-state index is 12.9. The van der Waals surface area contributed by atoms with Crippen molar-refractivity contribution in [2.45, 2.75) is 38.9 Å². The van der Waals surface area contributed by atoms with E-state index in [1.54, 1.807) is 43.3 Å². The highest BCUT2D eigenvalue weighted by Gasteiger charge is 2.20. The van der Waals surface area contributed by atoms with Crippen molar-refractivity contribution in [2.75, 3.05) is 33.0 Å². The third-order valence-corrected chi connectivity index (χ3v) is 6.59. The molecule has 0 aliphatic heterocycles. The zero-order valence-electron chi connectivity index (χ0n) is 27.3. The number of hydrogen-bond acceptors (Lipinski definition) is 12. The van der Waals surface area contributed by atoms with Crippen LogP contribution in [-0.2, 0) is 23.8 Å². The van der Waals surface area contributed by atoms with Crippen molar-refractivity contribution in [1.29, 1.82) is 0 Å². The summed E-state index contributed by atoms with van der Waals surface area (Å²) in [5.74, 6) is -1.19. The third-order valence-electron chi connectivity index (χ3n) is 6.59. The fourth-order valence-corrected chi connectivity index (χ4v) is 4.06. The van der Waals surface area contributed by atoms with Gasteiger partial charge in [-0.05, 0) is 99.3 Å². The van der Waals surface area contributed by atoms with Gasteiger partial charge in [-0.3, -0.25) is 0 Å². The first-order valence-electron chi connectivity index (χ1n) is 15.7. The summed E-state index contributed by atoms with van der Waals surface area (Å²) >= 11 is 0. The van der Waals surface area contributed by atoms with Crippen molar-refractivity contribution in [1.82, 2.24) is 0 Å². The molecule has 260 valence electrons. The summed E-state index contributed by atoms with van der Waals surface area (Å²) in [4.78, 5) is 47.8. The van der Waals surface area contributed by atoms with Crippen LogP contribution in [-0.4, -0.2) is 62.0 Å². The lowest BCUT2D eigenvalue weighted by molar-refractivity contribution is -0.138. The highest BCUT2D eigenvalue weighted by molar-refractivity contribution is 5.96. The largest absolute Gasteiger partial charge is 0.494 e. The number of benzene rings is 3. The van der Waals surface area contributed by atoms with Crippen molar-refractivity contribution < 1.29 is 57.4 Å². The molecule has 0 heterocycles. The summed E-state index contributed by atoms with van der Waals surface area (Å²) in [6, 6.07) is 17.1. The van der Waals surface area contributed by atoms with Gasteiger partial charge in [-0.2, -0.15) is 0 Å². The van der Waals surface area contributed by atoms with E-state index >= 15 is 0 Å². The molecule has 0 saturated carbocycles. The molecule has 3 rings (SSSR count). The van der Waals surface area contributed by atoms with Crippen LogP contribution in [0, 0.1) is 0 Å². The van der Waals surface area contributed by atoms with E-state index in [0.717, 1.165) is 12.2 Å². The van der Waals surface area contributed by atoms with E-state index in [9.17, 15) is 24.3 Å². The second-order valence-electron chi connectivity index (χ2n) is 10.2. The Balaban J connectivity index is 1.55. The highest BCUT2D eigenvalue weighted by Crippen LogP contribution is 2.29. The summed E-state index contributed by atoms with van der Waals surface area (Å²) in [5.41, 5.74) is 0.579. The first-order valence-corrected chi connectivity index (χ1v) is 15.7. The van der Waals surface area contributed by atoms with Gasteiger partial charge in [0.2, 0.25) is 6.29 Å². The summed E-state index contributed by atoms with van der Waals surface area (Å²) in [7, 11) is 0. The maximum atomic E-state index is 12.9. The minimum atomic E-state index is -1.38. The zero-order valence-corrected chi connectivity index (χ0v) is 27.3. The fraction of sp³-hybridized carbons (Fsp3) is 0.297. The van der Waals surface area contributed by atoms with Crippen LogP contribution in [0.5, 0.6) is 23.0 Å². The number of aliphatic hydroxyl groups excluding tert-OH is 1. The number of unbranched alkanes of at least 4 members (excludes halogenated alkanes) is 2. The normalized spacial score (nSPS) is 11.0. The van der Waals surface area contributed by atoms with Gasteiger partial charge >= 0.3 is 23.9 Å². The van der Waals surface area contributed by atoms with Crippen molar-refractivity contribution in [3.8, 4) is 23.0 Å². The quantitative estimate of drug-likeness (QED) is 0.0355. The zero-order chi connectivity index (χ0) is 35.4. The first-order chi connectivity index (χ1) is 23.7. The van der Waals surface area contributed by atoms with Crippen LogP contribution in [0.2, 0.25) is 0 Å². The van der Waals surface area contributed by atoms with E-state index in [2.05, 4.69) is 13.2 Å². The van der Waals surface area contributed by atoms with E-state index in [1.165, 1.54) is 30.3 Å². The average Bonchev–Trinajstić information content (AvgIpc) is 3.12. The number of esters is 4. The third kappa shape index (κ3) is 13.2. The maximum Gasteiger partial charge on any atom is 0.343 e. The van der Waals surface area contributed by atoms with Crippen molar-refractivity contribution in [2.24, 2.45) is 0 Å². The van der Waals surface area contributed by atoms with Gasteiger partial charge in [0.05, 0.1) is 38.6 Å². The number of carbonyl (C=O) groups excluding carboxylic acids is 4. The molecule has 3 aromatic carbocycles. The second-order valence-corrected chi connectivity index (χ2v) is 10.2. The van der Waals surface area contributed by atoms with Gasteiger partial charge in [-0.15, -0.1) is 0 Å². The average molecular weight is 677 g/mol. The van der Waals surface area contributed by atoms with Gasteiger partial charge in [0.25, 0.3) is 0 Å². The predicted octanol–water partition coefficient (Wildman–Crippen LogP) is 5.93. The molecule has 12 nitrogen and oxygen atoms in total. The van der Waals surface area contributed by atoms with Crippen LogP contribution < -0.4 is 18.9 Å². The Bertz CT molecular complexity index is 1550. The van der Waals surface area contributed by atoms with Gasteiger partial charge in [0, 0.05) is 17.7 Å². The van der Waals surface area contributed by atoms with E-state index in [1.807, 2.05) is 0 Å². The predicted molar refractivity (Wildman–Crippen MR) is 178 cm³/mol. The molecule has 0 bridgehead atoms. The molecule has 12 heteroatoms. The summed E-state index contributed by atoms with van der Waals surface area (Å²) in [6.45, 7) is 9.76. The molecule has 0 aliphatic carbocycles. The van der Waals surface area contributed by atoms with Gasteiger partial charge in [-0.25, -0.2) is 19.2 Å². The standard InChI is InChI=1S/C37H40O12/c1-4-33(38)46-23-9-7-21-44-28-15-11-26(12-16-28)35(40)48-30-19-20-32(31(25-30)37(42)43-6-3)49-36(41)27-13-17-29(18-14-27)45-22-8-10-24-47-34(39)5-2/h4-5,11-20,25,35,40H,1-2,6-10,21-24H2,3H3. The Morgan fingerprint density at radius 1 is 0.673 bits per heavy atom. The van der Waals surface area contributed by atoms with Crippen LogP contribution in [0.15, 0.2) is 92.0 Å². The molecular weight excluding hydrogens is 636 g/mol. The summed E-state index contributed by atoms with van der Waals surface area (Å²) in [5, 5.41) is 10.7. The smallest absolute Gasteiger partial charge is 0.343 e. The molecule has 1 atom stereocenters. The second kappa shape index (κ2) is 20.6. The molecule has 0 amide bonds. The van der Waals surface area contributed by atoms with Crippen LogP contribution in [0.25, 0.3) is 0 Å². The number of aliphatic hydroxyl groups is 1. The number of hydrogen-bond donors (Lipinski definition) is 1. The Morgan fingerprint density at radius 3 is 1.71 bits per heavy atom. The lowest BCUT2D eigenvalue weighted by Crippen LogP contribution is -2.14. The number of ether oxygens (including phenoxy) is 7. The Hall–Kier alpha value is -5.62. The van der Waals surface area contributed by atoms with Gasteiger partial charge in [-0.1, -0.05) is 13.2 Å². The fourth-order valence-electron chi connectivity index (χ4n) is 4.06. The molecule has 0 fully saturated rings. The van der Waals surface area contributed by atoms with Crippen molar-refractivity contribution >= 4 is 23.9 Å². The molecule has 0 saturated heterocycles. The topological polar surface area (TPSA) is 153 Å². The minimum Gasteiger partial charge on any atom is -0.494 e. The summed E-state index contributed by atoms with van der Waals surface area (Å²) < 4.78 is 37.5. The number of carbonyl (C=O) groups is 4. The number of rotatable bonds is 21. The highest BCUT2D eigenvalue weighted by atomic mass is 16.6. The van der Waals surface area contributed by atoms with Crippen LogP contribution >= 0.6 is 0 Å². The monoisotopic (exact) mass is 676 g/mol. The lowest BCUT2D eigenvalue weighted by atomic mass is 10.1. The SMILES string of the molecule is C=CC(=O)OCCCCOc1ccc(C(=O)Oc2ccc(OC(O)c3ccc(OCCCCOC(=O)C=C)cc3)cc2C(=O)OCC)cc1. The lowest BCUT2D eigenvalue weighted by Gasteiger charge is -2.16. The molecule has 3 aromatic rings. The van der Waals surface area contributed by atoms with Gasteiger partial charge < -0.3 is 38.3 Å². The molecule has 49 heavy (non-hydrogen) atoms. The first kappa shape index (κ1) is 37.8. The molecule has 1 N–H and O–H groups in total. The molecule has 0 radical (unpaired) electrons. The van der Waals surface area contributed by atoms with Crippen LogP contribution in [0.4, 0.5) is 0 Å². The van der Waals surface area contributed by atoms with Crippen LogP contribution in [0.3, 0.4) is 0 Å².